The molecule has 0 aliphatic rings. The summed E-state index contributed by atoms with van der Waals surface area (Å²) in [7, 11) is 0. The number of carbonyl (C=O) groups is 2. The molecule has 0 radical (unpaired) electrons. The number of hydrogen-bond acceptors (Lipinski definition) is 3. The summed E-state index contributed by atoms with van der Waals surface area (Å²) in [6, 6.07) is 7.70. The van der Waals surface area contributed by atoms with Crippen molar-refractivity contribution in [1.29, 1.82) is 0 Å². The smallest absolute Gasteiger partial charge is 0.303 e. The van der Waals surface area contributed by atoms with Crippen LogP contribution in [0.4, 0.5) is 0 Å². The largest absolute Gasteiger partial charge is 0.481 e. The highest BCUT2D eigenvalue weighted by molar-refractivity contribution is 8.13. The van der Waals surface area contributed by atoms with Gasteiger partial charge in [-0.3, -0.25) is 9.59 Å². The Hall–Kier alpha value is -1.55. The molecule has 0 aliphatic carbocycles. The fourth-order valence-electron chi connectivity index (χ4n) is 1.51. The molecule has 0 saturated carbocycles. The van der Waals surface area contributed by atoms with Crippen LogP contribution in [0.2, 0.25) is 0 Å². The summed E-state index contributed by atoms with van der Waals surface area (Å²) in [4.78, 5) is 21.3. The molecular formula is C14H16O3S. The van der Waals surface area contributed by atoms with Crippen LogP contribution < -0.4 is 0 Å². The van der Waals surface area contributed by atoms with Crippen LogP contribution in [-0.2, 0) is 16.0 Å². The lowest BCUT2D eigenvalue weighted by atomic mass is 10.0. The van der Waals surface area contributed by atoms with Crippen molar-refractivity contribution in [2.45, 2.75) is 19.8 Å². The Morgan fingerprint density at radius 1 is 1.33 bits per heavy atom. The Balaban J connectivity index is 2.63. The predicted molar refractivity (Wildman–Crippen MR) is 74.6 cm³/mol. The Morgan fingerprint density at radius 3 is 2.72 bits per heavy atom. The molecule has 0 atom stereocenters. The van der Waals surface area contributed by atoms with Crippen LogP contribution in [0.3, 0.4) is 0 Å². The van der Waals surface area contributed by atoms with Gasteiger partial charge in [0.2, 0.25) is 0 Å². The average Bonchev–Trinajstić information content (AvgIpc) is 2.33. The van der Waals surface area contributed by atoms with Crippen LogP contribution >= 0.6 is 11.8 Å². The molecule has 18 heavy (non-hydrogen) atoms. The average molecular weight is 264 g/mol. The van der Waals surface area contributed by atoms with Crippen molar-refractivity contribution in [3.63, 3.8) is 0 Å². The van der Waals surface area contributed by atoms with Gasteiger partial charge in [0.1, 0.15) is 0 Å². The first kappa shape index (κ1) is 14.5. The highest BCUT2D eigenvalue weighted by atomic mass is 32.2. The predicted octanol–water partition coefficient (Wildman–Crippen LogP) is 3.00. The minimum absolute atomic E-state index is 0.0961. The fourth-order valence-corrected chi connectivity index (χ4v) is 1.93. The topological polar surface area (TPSA) is 54.4 Å². The lowest BCUT2D eigenvalue weighted by Crippen LogP contribution is -1.98. The van der Waals surface area contributed by atoms with Crippen LogP contribution in [0, 0.1) is 0 Å². The molecule has 0 saturated heterocycles. The summed E-state index contributed by atoms with van der Waals surface area (Å²) in [6.45, 7) is 1.54. The molecule has 1 aromatic carbocycles. The van der Waals surface area contributed by atoms with E-state index in [9.17, 15) is 9.59 Å². The first-order valence-electron chi connectivity index (χ1n) is 5.69. The molecule has 0 aromatic heterocycles. The van der Waals surface area contributed by atoms with Crippen molar-refractivity contribution in [2.24, 2.45) is 0 Å². The number of aryl methyl sites for hydroxylation is 1. The lowest BCUT2D eigenvalue weighted by Gasteiger charge is -2.03. The zero-order chi connectivity index (χ0) is 13.4. The minimum Gasteiger partial charge on any atom is -0.481 e. The number of thioether (sulfide) groups is 1. The monoisotopic (exact) mass is 264 g/mol. The van der Waals surface area contributed by atoms with E-state index in [1.807, 2.05) is 36.4 Å². The van der Waals surface area contributed by atoms with Crippen LogP contribution in [0.15, 0.2) is 30.3 Å². The first-order chi connectivity index (χ1) is 8.59. The number of carbonyl (C=O) groups excluding carboxylic acids is 1. The maximum absolute atomic E-state index is 10.8. The third-order valence-electron chi connectivity index (χ3n) is 2.34. The van der Waals surface area contributed by atoms with Gasteiger partial charge < -0.3 is 5.11 Å². The molecule has 0 fully saturated rings. The SMILES string of the molecule is CC(=O)SCC=Cc1ccccc1CCC(=O)O. The normalized spacial score (nSPS) is 10.7. The van der Waals surface area contributed by atoms with Gasteiger partial charge in [-0.25, -0.2) is 0 Å². The molecule has 0 amide bonds. The van der Waals surface area contributed by atoms with Gasteiger partial charge >= 0.3 is 5.97 Å². The van der Waals surface area contributed by atoms with Gasteiger partial charge in [0.15, 0.2) is 5.12 Å². The van der Waals surface area contributed by atoms with E-state index in [-0.39, 0.29) is 11.5 Å². The third kappa shape index (κ3) is 5.68. The first-order valence-corrected chi connectivity index (χ1v) is 6.67. The quantitative estimate of drug-likeness (QED) is 0.858. The number of benzene rings is 1. The van der Waals surface area contributed by atoms with Crippen molar-refractivity contribution in [3.8, 4) is 0 Å². The number of carboxylic acid groups (broad SMARTS) is 1. The van der Waals surface area contributed by atoms with E-state index >= 15 is 0 Å². The maximum Gasteiger partial charge on any atom is 0.303 e. The van der Waals surface area contributed by atoms with E-state index in [2.05, 4.69) is 0 Å². The van der Waals surface area contributed by atoms with Gasteiger partial charge in [0.05, 0.1) is 0 Å². The van der Waals surface area contributed by atoms with E-state index in [4.69, 9.17) is 5.11 Å². The van der Waals surface area contributed by atoms with Gasteiger partial charge in [-0.1, -0.05) is 48.2 Å². The molecule has 0 aliphatic heterocycles. The van der Waals surface area contributed by atoms with Gasteiger partial charge in [-0.2, -0.15) is 0 Å². The molecule has 3 nitrogen and oxygen atoms in total. The molecule has 4 heteroatoms. The number of carboxylic acids is 1. The second kappa shape index (κ2) is 7.71. The standard InChI is InChI=1S/C14H16O3S/c1-11(15)18-10-4-7-12-5-2-3-6-13(12)8-9-14(16)17/h2-7H,8-10H2,1H3,(H,16,17). The molecule has 0 unspecified atom stereocenters. The van der Waals surface area contributed by atoms with E-state index in [0.29, 0.717) is 12.2 Å². The molecule has 0 spiro atoms. The summed E-state index contributed by atoms with van der Waals surface area (Å²) in [6.07, 6.45) is 4.52. The van der Waals surface area contributed by atoms with E-state index < -0.39 is 5.97 Å². The number of hydrogen-bond donors (Lipinski definition) is 1. The second-order valence-electron chi connectivity index (χ2n) is 3.80. The van der Waals surface area contributed by atoms with Gasteiger partial charge in [0, 0.05) is 19.1 Å². The molecule has 0 bridgehead atoms. The van der Waals surface area contributed by atoms with Crippen molar-refractivity contribution >= 4 is 28.9 Å². The summed E-state index contributed by atoms with van der Waals surface area (Å²) in [5, 5.41) is 8.78. The zero-order valence-corrected chi connectivity index (χ0v) is 11.1. The summed E-state index contributed by atoms with van der Waals surface area (Å²) in [5.41, 5.74) is 2.03. The highest BCUT2D eigenvalue weighted by Gasteiger charge is 2.02. The lowest BCUT2D eigenvalue weighted by molar-refractivity contribution is -0.137. The molecule has 1 aromatic rings. The van der Waals surface area contributed by atoms with E-state index in [1.165, 1.54) is 11.8 Å². The third-order valence-corrected chi connectivity index (χ3v) is 3.11. The van der Waals surface area contributed by atoms with E-state index in [1.54, 1.807) is 6.92 Å². The molecule has 0 heterocycles. The minimum atomic E-state index is -0.791. The van der Waals surface area contributed by atoms with E-state index in [0.717, 1.165) is 11.1 Å². The van der Waals surface area contributed by atoms with Crippen molar-refractivity contribution in [3.05, 3.63) is 41.5 Å². The van der Waals surface area contributed by atoms with Crippen molar-refractivity contribution < 1.29 is 14.7 Å². The summed E-state index contributed by atoms with van der Waals surface area (Å²) in [5.74, 6) is -0.149. The maximum atomic E-state index is 10.8. The Labute approximate surface area is 111 Å². The molecular weight excluding hydrogens is 248 g/mol. The Bertz CT molecular complexity index is 452. The number of rotatable bonds is 6. The van der Waals surface area contributed by atoms with Crippen LogP contribution in [0.25, 0.3) is 6.08 Å². The highest BCUT2D eigenvalue weighted by Crippen LogP contribution is 2.14. The second-order valence-corrected chi connectivity index (χ2v) is 4.99. The Kier molecular flexibility index (Phi) is 6.22. The summed E-state index contributed by atoms with van der Waals surface area (Å²) >= 11 is 1.25. The Morgan fingerprint density at radius 2 is 2.06 bits per heavy atom. The van der Waals surface area contributed by atoms with Gasteiger partial charge in [0.25, 0.3) is 0 Å². The van der Waals surface area contributed by atoms with Gasteiger partial charge in [-0.15, -0.1) is 0 Å². The fraction of sp³-hybridized carbons (Fsp3) is 0.286. The van der Waals surface area contributed by atoms with Crippen LogP contribution in [0.1, 0.15) is 24.5 Å². The van der Waals surface area contributed by atoms with Crippen LogP contribution in [-0.4, -0.2) is 21.9 Å². The summed E-state index contributed by atoms with van der Waals surface area (Å²) < 4.78 is 0. The molecule has 1 N–H and O–H groups in total. The number of aliphatic carboxylic acids is 1. The molecule has 1 rings (SSSR count). The van der Waals surface area contributed by atoms with Crippen molar-refractivity contribution in [2.75, 3.05) is 5.75 Å². The van der Waals surface area contributed by atoms with Crippen molar-refractivity contribution in [1.82, 2.24) is 0 Å². The molecule has 96 valence electrons. The zero-order valence-electron chi connectivity index (χ0n) is 10.3. The van der Waals surface area contributed by atoms with Gasteiger partial charge in [-0.05, 0) is 17.5 Å². The van der Waals surface area contributed by atoms with Crippen LogP contribution in [0.5, 0.6) is 0 Å².